The monoisotopic (exact) mass is 207 g/mol. The van der Waals surface area contributed by atoms with Crippen molar-refractivity contribution in [2.75, 3.05) is 13.8 Å². The molecule has 0 unspecified atom stereocenters. The molecule has 4 heteroatoms. The summed E-state index contributed by atoms with van der Waals surface area (Å²) in [7, 11) is 1.54. The van der Waals surface area contributed by atoms with E-state index in [4.69, 9.17) is 4.74 Å². The van der Waals surface area contributed by atoms with Crippen molar-refractivity contribution < 1.29 is 14.3 Å². The predicted molar refractivity (Wildman–Crippen MR) is 55.3 cm³/mol. The second-order valence-electron chi connectivity index (χ2n) is 3.29. The fourth-order valence-corrected chi connectivity index (χ4v) is 0.964. The topological polar surface area (TPSA) is 46.6 Å². The van der Waals surface area contributed by atoms with Gasteiger partial charge in [-0.05, 0) is 19.1 Å². The van der Waals surface area contributed by atoms with Gasteiger partial charge in [0, 0.05) is 7.05 Å². The smallest absolute Gasteiger partial charge is 0.339 e. The molecule has 0 aliphatic heterocycles. The van der Waals surface area contributed by atoms with Crippen molar-refractivity contribution in [2.24, 2.45) is 0 Å². The number of aryl methyl sites for hydroxylation is 1. The maximum Gasteiger partial charge on any atom is 0.339 e. The molecule has 0 aliphatic carbocycles. The third-order valence-electron chi connectivity index (χ3n) is 1.87. The van der Waals surface area contributed by atoms with Crippen LogP contribution in [0.1, 0.15) is 15.9 Å². The normalized spacial score (nSPS) is 9.47. The summed E-state index contributed by atoms with van der Waals surface area (Å²) in [5.74, 6) is -0.427. The molecule has 0 radical (unpaired) electrons. The zero-order valence-electron chi connectivity index (χ0n) is 8.77. The van der Waals surface area contributed by atoms with Crippen LogP contribution in [0, 0.1) is 6.92 Å². The Morgan fingerprint density at radius 3 is 2.53 bits per heavy atom. The third kappa shape index (κ3) is 3.42. The van der Waals surface area contributed by atoms with E-state index >= 15 is 0 Å². The Kier molecular flexibility index (Phi) is 3.85. The van der Waals surface area contributed by atoms with E-state index in [2.05, 4.69) is 0 Å². The lowest BCUT2D eigenvalue weighted by molar-refractivity contribution is -0.120. The van der Waals surface area contributed by atoms with Crippen molar-refractivity contribution in [3.05, 3.63) is 35.4 Å². The molecule has 1 aromatic rings. The summed E-state index contributed by atoms with van der Waals surface area (Å²) in [5, 5.41) is 0. The highest BCUT2D eigenvalue weighted by Gasteiger charge is 2.06. The summed E-state index contributed by atoms with van der Waals surface area (Å²) < 4.78 is 4.88. The molecule has 0 saturated carbocycles. The Morgan fingerprint density at radius 1 is 1.40 bits per heavy atom. The van der Waals surface area contributed by atoms with E-state index in [-0.39, 0.29) is 6.73 Å². The van der Waals surface area contributed by atoms with Crippen LogP contribution in [0.25, 0.3) is 0 Å². The third-order valence-corrected chi connectivity index (χ3v) is 1.87. The van der Waals surface area contributed by atoms with Crippen LogP contribution in [0.5, 0.6) is 0 Å². The van der Waals surface area contributed by atoms with Gasteiger partial charge in [0.1, 0.15) is 0 Å². The maximum atomic E-state index is 11.4. The van der Waals surface area contributed by atoms with Crippen molar-refractivity contribution in [2.45, 2.75) is 6.92 Å². The maximum absolute atomic E-state index is 11.4. The molecule has 0 bridgehead atoms. The summed E-state index contributed by atoms with van der Waals surface area (Å²) in [6, 6.07) is 7.05. The van der Waals surface area contributed by atoms with E-state index in [1.54, 1.807) is 12.1 Å². The average Bonchev–Trinajstić information content (AvgIpc) is 2.26. The number of carbonyl (C=O) groups excluding carboxylic acids is 2. The van der Waals surface area contributed by atoms with Gasteiger partial charge >= 0.3 is 5.97 Å². The minimum atomic E-state index is -0.427. The first kappa shape index (κ1) is 11.2. The Hall–Kier alpha value is -1.84. The largest absolute Gasteiger partial charge is 0.441 e. The van der Waals surface area contributed by atoms with Crippen molar-refractivity contribution in [1.82, 2.24) is 4.90 Å². The van der Waals surface area contributed by atoms with Gasteiger partial charge in [0.25, 0.3) is 0 Å². The number of rotatable bonds is 4. The highest BCUT2D eigenvalue weighted by atomic mass is 16.5. The lowest BCUT2D eigenvalue weighted by Crippen LogP contribution is -2.22. The molecule has 0 spiro atoms. The SMILES string of the molecule is Cc1ccc(C(=O)OCN(C)C=O)cc1. The molecule has 1 amide bonds. The highest BCUT2D eigenvalue weighted by Crippen LogP contribution is 2.04. The van der Waals surface area contributed by atoms with Crippen LogP contribution in [-0.2, 0) is 9.53 Å². The van der Waals surface area contributed by atoms with E-state index in [1.807, 2.05) is 19.1 Å². The van der Waals surface area contributed by atoms with E-state index in [0.29, 0.717) is 12.0 Å². The molecule has 0 N–H and O–H groups in total. The molecule has 1 aromatic carbocycles. The molecule has 0 aliphatic rings. The van der Waals surface area contributed by atoms with Crippen molar-refractivity contribution in [3.8, 4) is 0 Å². The zero-order chi connectivity index (χ0) is 11.3. The molecule has 0 aromatic heterocycles. The molecule has 4 nitrogen and oxygen atoms in total. The fourth-order valence-electron chi connectivity index (χ4n) is 0.964. The van der Waals surface area contributed by atoms with Gasteiger partial charge in [-0.15, -0.1) is 0 Å². The number of benzene rings is 1. The van der Waals surface area contributed by atoms with Crippen LogP contribution in [0.3, 0.4) is 0 Å². The summed E-state index contributed by atoms with van der Waals surface area (Å²) in [5.41, 5.74) is 1.57. The van der Waals surface area contributed by atoms with E-state index in [0.717, 1.165) is 5.56 Å². The van der Waals surface area contributed by atoms with Crippen molar-refractivity contribution >= 4 is 12.4 Å². The Morgan fingerprint density at radius 2 is 2.00 bits per heavy atom. The molecule has 0 saturated heterocycles. The van der Waals surface area contributed by atoms with Crippen molar-refractivity contribution in [3.63, 3.8) is 0 Å². The number of ether oxygens (including phenoxy) is 1. The molecule has 15 heavy (non-hydrogen) atoms. The highest BCUT2D eigenvalue weighted by molar-refractivity contribution is 5.89. The fraction of sp³-hybridized carbons (Fsp3) is 0.273. The number of amides is 1. The second kappa shape index (κ2) is 5.14. The molecule has 0 atom stereocenters. The van der Waals surface area contributed by atoms with Gasteiger partial charge in [0.15, 0.2) is 6.73 Å². The number of carbonyl (C=O) groups is 2. The number of nitrogens with zero attached hydrogens (tertiary/aromatic N) is 1. The van der Waals surface area contributed by atoms with E-state index in [1.165, 1.54) is 11.9 Å². The second-order valence-corrected chi connectivity index (χ2v) is 3.29. The first-order chi connectivity index (χ1) is 7.13. The zero-order valence-corrected chi connectivity index (χ0v) is 8.77. The summed E-state index contributed by atoms with van der Waals surface area (Å²) in [6.45, 7) is 1.91. The molecular weight excluding hydrogens is 194 g/mol. The van der Waals surface area contributed by atoms with Gasteiger partial charge in [-0.2, -0.15) is 0 Å². The quantitative estimate of drug-likeness (QED) is 0.423. The minimum Gasteiger partial charge on any atom is -0.441 e. The van der Waals surface area contributed by atoms with Crippen LogP contribution in [0.4, 0.5) is 0 Å². The van der Waals surface area contributed by atoms with Gasteiger partial charge in [0.05, 0.1) is 5.56 Å². The molecule has 1 rings (SSSR count). The van der Waals surface area contributed by atoms with Gasteiger partial charge < -0.3 is 9.64 Å². The first-order valence-electron chi connectivity index (χ1n) is 4.53. The van der Waals surface area contributed by atoms with Crippen molar-refractivity contribution in [1.29, 1.82) is 0 Å². The lowest BCUT2D eigenvalue weighted by atomic mass is 10.2. The molecule has 0 heterocycles. The van der Waals surface area contributed by atoms with Crippen LogP contribution in [0.15, 0.2) is 24.3 Å². The van der Waals surface area contributed by atoms with Crippen LogP contribution in [-0.4, -0.2) is 31.1 Å². The average molecular weight is 207 g/mol. The molecule has 80 valence electrons. The molecule has 0 fully saturated rings. The van der Waals surface area contributed by atoms with E-state index in [9.17, 15) is 9.59 Å². The Labute approximate surface area is 88.5 Å². The Balaban J connectivity index is 2.54. The standard InChI is InChI=1S/C11H13NO3/c1-9-3-5-10(6-4-9)11(14)15-8-12(2)7-13/h3-7H,8H2,1-2H3. The molecular formula is C11H13NO3. The van der Waals surface area contributed by atoms with Gasteiger partial charge in [0.2, 0.25) is 6.41 Å². The predicted octanol–water partition coefficient (Wildman–Crippen LogP) is 1.20. The lowest BCUT2D eigenvalue weighted by Gasteiger charge is -2.10. The summed E-state index contributed by atoms with van der Waals surface area (Å²) in [4.78, 5) is 22.9. The van der Waals surface area contributed by atoms with E-state index < -0.39 is 5.97 Å². The first-order valence-corrected chi connectivity index (χ1v) is 4.53. The Bertz CT molecular complexity index is 345. The van der Waals surface area contributed by atoms with Gasteiger partial charge in [-0.1, -0.05) is 17.7 Å². The number of hydrogen-bond acceptors (Lipinski definition) is 3. The van der Waals surface area contributed by atoms with Crippen LogP contribution in [0.2, 0.25) is 0 Å². The van der Waals surface area contributed by atoms with Crippen LogP contribution >= 0.6 is 0 Å². The minimum absolute atomic E-state index is 0.0315. The van der Waals surface area contributed by atoms with Crippen LogP contribution < -0.4 is 0 Å². The van der Waals surface area contributed by atoms with Gasteiger partial charge in [-0.25, -0.2) is 4.79 Å². The summed E-state index contributed by atoms with van der Waals surface area (Å²) in [6.07, 6.45) is 0.600. The number of hydrogen-bond donors (Lipinski definition) is 0. The number of esters is 1. The van der Waals surface area contributed by atoms with Gasteiger partial charge in [-0.3, -0.25) is 4.79 Å². The summed E-state index contributed by atoms with van der Waals surface area (Å²) >= 11 is 0.